The molecule has 2 rings (SSSR count). The van der Waals surface area contributed by atoms with Crippen molar-refractivity contribution in [2.75, 3.05) is 18.8 Å². The molecule has 0 atom stereocenters. The van der Waals surface area contributed by atoms with Gasteiger partial charge in [-0.2, -0.15) is 11.8 Å². The van der Waals surface area contributed by atoms with Gasteiger partial charge >= 0.3 is 0 Å². The smallest absolute Gasteiger partial charge is 0.0531 e. The molecule has 0 spiro atoms. The van der Waals surface area contributed by atoms with E-state index in [1.165, 1.54) is 30.1 Å². The first-order valence-electron chi connectivity index (χ1n) is 5.05. The quantitative estimate of drug-likeness (QED) is 0.817. The first kappa shape index (κ1) is 9.99. The van der Waals surface area contributed by atoms with E-state index in [0.717, 1.165) is 11.7 Å². The summed E-state index contributed by atoms with van der Waals surface area (Å²) in [6, 6.07) is 4.13. The van der Waals surface area contributed by atoms with Gasteiger partial charge in [0.25, 0.3) is 0 Å². The van der Waals surface area contributed by atoms with Crippen molar-refractivity contribution in [2.45, 2.75) is 12.7 Å². The van der Waals surface area contributed by atoms with Crippen LogP contribution in [0.25, 0.3) is 0 Å². The molecule has 1 aromatic rings. The van der Waals surface area contributed by atoms with Crippen LogP contribution in [0.1, 0.15) is 11.3 Å². The lowest BCUT2D eigenvalue weighted by molar-refractivity contribution is 0.385. The minimum atomic E-state index is 0.893. The summed E-state index contributed by atoms with van der Waals surface area (Å²) in [4.78, 5) is 4.38. The van der Waals surface area contributed by atoms with E-state index in [1.807, 2.05) is 24.0 Å². The van der Waals surface area contributed by atoms with Crippen molar-refractivity contribution in [2.24, 2.45) is 5.92 Å². The summed E-state index contributed by atoms with van der Waals surface area (Å²) in [5, 5.41) is 3.29. The lowest BCUT2D eigenvalue weighted by atomic mass is 10.1. The SMILES string of the molecule is Cc1cccnc1CSCC1CNC1. The molecule has 0 radical (unpaired) electrons. The van der Waals surface area contributed by atoms with Gasteiger partial charge in [0.1, 0.15) is 0 Å². The molecule has 1 fully saturated rings. The van der Waals surface area contributed by atoms with Crippen molar-refractivity contribution in [3.05, 3.63) is 29.6 Å². The molecule has 0 saturated carbocycles. The van der Waals surface area contributed by atoms with Crippen molar-refractivity contribution in [3.8, 4) is 0 Å². The molecule has 0 bridgehead atoms. The molecule has 0 unspecified atom stereocenters. The highest BCUT2D eigenvalue weighted by molar-refractivity contribution is 7.98. The van der Waals surface area contributed by atoms with Crippen molar-refractivity contribution >= 4 is 11.8 Å². The fourth-order valence-electron chi connectivity index (χ4n) is 1.46. The molecule has 1 N–H and O–H groups in total. The number of aromatic nitrogens is 1. The molecule has 1 aliphatic heterocycles. The molecule has 1 aliphatic rings. The van der Waals surface area contributed by atoms with E-state index in [0.29, 0.717) is 0 Å². The summed E-state index contributed by atoms with van der Waals surface area (Å²) in [7, 11) is 0. The minimum absolute atomic E-state index is 0.893. The van der Waals surface area contributed by atoms with Crippen molar-refractivity contribution in [1.82, 2.24) is 10.3 Å². The van der Waals surface area contributed by atoms with Gasteiger partial charge < -0.3 is 5.32 Å². The van der Waals surface area contributed by atoms with Gasteiger partial charge in [-0.1, -0.05) is 6.07 Å². The van der Waals surface area contributed by atoms with Gasteiger partial charge in [-0.25, -0.2) is 0 Å². The van der Waals surface area contributed by atoms with E-state index >= 15 is 0 Å². The van der Waals surface area contributed by atoms with E-state index in [2.05, 4.69) is 23.3 Å². The standard InChI is InChI=1S/C11H16N2S/c1-9-3-2-4-13-11(9)8-14-7-10-5-12-6-10/h2-4,10,12H,5-8H2,1H3. The van der Waals surface area contributed by atoms with Gasteiger partial charge in [0, 0.05) is 11.9 Å². The van der Waals surface area contributed by atoms with E-state index < -0.39 is 0 Å². The summed E-state index contributed by atoms with van der Waals surface area (Å²) in [6.07, 6.45) is 1.88. The Morgan fingerprint density at radius 2 is 2.43 bits per heavy atom. The number of nitrogens with one attached hydrogen (secondary N) is 1. The average Bonchev–Trinajstić information content (AvgIpc) is 2.12. The third-order valence-corrected chi connectivity index (χ3v) is 3.76. The minimum Gasteiger partial charge on any atom is -0.316 e. The summed E-state index contributed by atoms with van der Waals surface area (Å²) in [5.41, 5.74) is 2.55. The van der Waals surface area contributed by atoms with E-state index in [9.17, 15) is 0 Å². The summed E-state index contributed by atoms with van der Waals surface area (Å²) in [5.74, 6) is 3.22. The van der Waals surface area contributed by atoms with Crippen molar-refractivity contribution in [1.29, 1.82) is 0 Å². The first-order valence-corrected chi connectivity index (χ1v) is 6.20. The fraction of sp³-hybridized carbons (Fsp3) is 0.545. The Kier molecular flexibility index (Phi) is 3.43. The number of pyridine rings is 1. The first-order chi connectivity index (χ1) is 6.86. The molecule has 2 heterocycles. The van der Waals surface area contributed by atoms with Crippen LogP contribution in [-0.2, 0) is 5.75 Å². The number of nitrogens with zero attached hydrogens (tertiary/aromatic N) is 1. The highest BCUT2D eigenvalue weighted by Gasteiger charge is 2.16. The highest BCUT2D eigenvalue weighted by atomic mass is 32.2. The van der Waals surface area contributed by atoms with Crippen LogP contribution in [-0.4, -0.2) is 23.8 Å². The number of rotatable bonds is 4. The van der Waals surface area contributed by atoms with Gasteiger partial charge in [0.2, 0.25) is 0 Å². The molecule has 1 saturated heterocycles. The Morgan fingerprint density at radius 3 is 3.07 bits per heavy atom. The fourth-order valence-corrected chi connectivity index (χ4v) is 2.64. The van der Waals surface area contributed by atoms with Gasteiger partial charge in [-0.05, 0) is 43.3 Å². The van der Waals surface area contributed by atoms with Gasteiger partial charge in [-0.3, -0.25) is 4.98 Å². The van der Waals surface area contributed by atoms with Crippen LogP contribution in [0.3, 0.4) is 0 Å². The molecule has 0 aliphatic carbocycles. The highest BCUT2D eigenvalue weighted by Crippen LogP contribution is 2.18. The predicted molar refractivity (Wildman–Crippen MR) is 61.5 cm³/mol. The summed E-state index contributed by atoms with van der Waals surface area (Å²) in [6.45, 7) is 4.54. The zero-order valence-corrected chi connectivity index (χ0v) is 9.31. The molecular formula is C11H16N2S. The molecule has 76 valence electrons. The summed E-state index contributed by atoms with van der Waals surface area (Å²) < 4.78 is 0. The molecule has 3 heteroatoms. The second kappa shape index (κ2) is 4.80. The zero-order valence-electron chi connectivity index (χ0n) is 8.49. The Labute approximate surface area is 89.5 Å². The molecule has 0 amide bonds. The van der Waals surface area contributed by atoms with E-state index in [1.54, 1.807) is 0 Å². The van der Waals surface area contributed by atoms with Crippen LogP contribution in [0.2, 0.25) is 0 Å². The zero-order chi connectivity index (χ0) is 9.80. The second-order valence-electron chi connectivity index (χ2n) is 3.81. The van der Waals surface area contributed by atoms with Crippen LogP contribution in [0.5, 0.6) is 0 Å². The predicted octanol–water partition coefficient (Wildman–Crippen LogP) is 1.84. The van der Waals surface area contributed by atoms with Crippen molar-refractivity contribution < 1.29 is 0 Å². The largest absolute Gasteiger partial charge is 0.316 e. The lowest BCUT2D eigenvalue weighted by Crippen LogP contribution is -2.43. The number of thioether (sulfide) groups is 1. The normalized spacial score (nSPS) is 16.6. The van der Waals surface area contributed by atoms with Crippen LogP contribution in [0, 0.1) is 12.8 Å². The molecule has 0 aromatic carbocycles. The van der Waals surface area contributed by atoms with E-state index in [-0.39, 0.29) is 0 Å². The average molecular weight is 208 g/mol. The molecular weight excluding hydrogens is 192 g/mol. The van der Waals surface area contributed by atoms with Crippen LogP contribution in [0.4, 0.5) is 0 Å². The van der Waals surface area contributed by atoms with Crippen molar-refractivity contribution in [3.63, 3.8) is 0 Å². The number of hydrogen-bond acceptors (Lipinski definition) is 3. The van der Waals surface area contributed by atoms with Crippen LogP contribution >= 0.6 is 11.8 Å². The number of aryl methyl sites for hydroxylation is 1. The molecule has 1 aromatic heterocycles. The third kappa shape index (κ3) is 2.49. The third-order valence-electron chi connectivity index (χ3n) is 2.58. The van der Waals surface area contributed by atoms with E-state index in [4.69, 9.17) is 0 Å². The van der Waals surface area contributed by atoms with Gasteiger partial charge in [0.05, 0.1) is 5.69 Å². The van der Waals surface area contributed by atoms with Crippen LogP contribution in [0.15, 0.2) is 18.3 Å². The lowest BCUT2D eigenvalue weighted by Gasteiger charge is -2.26. The maximum absolute atomic E-state index is 4.38. The van der Waals surface area contributed by atoms with Gasteiger partial charge in [-0.15, -0.1) is 0 Å². The molecule has 2 nitrogen and oxygen atoms in total. The van der Waals surface area contributed by atoms with Crippen LogP contribution < -0.4 is 5.32 Å². The Morgan fingerprint density at radius 1 is 1.57 bits per heavy atom. The number of hydrogen-bond donors (Lipinski definition) is 1. The Hall–Kier alpha value is -0.540. The van der Waals surface area contributed by atoms with Gasteiger partial charge in [0.15, 0.2) is 0 Å². The Balaban J connectivity index is 1.76. The maximum atomic E-state index is 4.38. The summed E-state index contributed by atoms with van der Waals surface area (Å²) >= 11 is 2.00. The Bertz CT molecular complexity index is 297. The topological polar surface area (TPSA) is 24.9 Å². The monoisotopic (exact) mass is 208 g/mol. The second-order valence-corrected chi connectivity index (χ2v) is 4.84. The maximum Gasteiger partial charge on any atom is 0.0531 e. The molecule has 14 heavy (non-hydrogen) atoms.